The van der Waals surface area contributed by atoms with Crippen molar-refractivity contribution in [3.05, 3.63) is 28.8 Å². The van der Waals surface area contributed by atoms with Gasteiger partial charge in [0.25, 0.3) is 0 Å². The van der Waals surface area contributed by atoms with Gasteiger partial charge in [0, 0.05) is 4.90 Å². The van der Waals surface area contributed by atoms with Gasteiger partial charge in [-0.15, -0.1) is 0 Å². The minimum absolute atomic E-state index is 0.189. The largest absolute Gasteiger partial charge is 0.768 e. The zero-order valence-electron chi connectivity index (χ0n) is 5.83. The SMILES string of the molecule is Cc1cccc(Cl)c1S(=O)[O-]. The topological polar surface area (TPSA) is 40.1 Å². The van der Waals surface area contributed by atoms with Crippen LogP contribution in [-0.2, 0) is 11.1 Å². The van der Waals surface area contributed by atoms with E-state index in [1.807, 2.05) is 0 Å². The fourth-order valence-corrected chi connectivity index (χ4v) is 1.80. The average molecular weight is 190 g/mol. The van der Waals surface area contributed by atoms with Crippen molar-refractivity contribution in [3.63, 3.8) is 0 Å². The molecular weight excluding hydrogens is 184 g/mol. The average Bonchev–Trinajstić information content (AvgIpc) is 1.85. The molecule has 0 aromatic heterocycles. The molecule has 0 bridgehead atoms. The van der Waals surface area contributed by atoms with Crippen molar-refractivity contribution in [2.45, 2.75) is 11.8 Å². The Hall–Kier alpha value is -0.380. The van der Waals surface area contributed by atoms with Crippen LogP contribution in [-0.4, -0.2) is 8.76 Å². The molecule has 0 aliphatic rings. The maximum atomic E-state index is 10.6. The Bertz CT molecular complexity index is 278. The lowest BCUT2D eigenvalue weighted by Gasteiger charge is -2.09. The fraction of sp³-hybridized carbons (Fsp3) is 0.143. The molecule has 1 aromatic carbocycles. The van der Waals surface area contributed by atoms with E-state index in [1.54, 1.807) is 25.1 Å². The van der Waals surface area contributed by atoms with Crippen molar-refractivity contribution in [1.29, 1.82) is 0 Å². The lowest BCUT2D eigenvalue weighted by Crippen LogP contribution is -1.93. The Balaban J connectivity index is 3.32. The molecule has 1 unspecified atom stereocenters. The van der Waals surface area contributed by atoms with Gasteiger partial charge in [-0.05, 0) is 29.6 Å². The first-order valence-electron chi connectivity index (χ1n) is 2.97. The molecule has 1 atom stereocenters. The van der Waals surface area contributed by atoms with Gasteiger partial charge >= 0.3 is 0 Å². The molecule has 0 radical (unpaired) electrons. The van der Waals surface area contributed by atoms with E-state index in [0.29, 0.717) is 5.56 Å². The lowest BCUT2D eigenvalue weighted by molar-refractivity contribution is 0.536. The van der Waals surface area contributed by atoms with Gasteiger partial charge in [0.15, 0.2) is 0 Å². The zero-order chi connectivity index (χ0) is 8.43. The van der Waals surface area contributed by atoms with Crippen LogP contribution in [0.1, 0.15) is 5.56 Å². The molecule has 0 spiro atoms. The van der Waals surface area contributed by atoms with Gasteiger partial charge in [0.1, 0.15) is 0 Å². The van der Waals surface area contributed by atoms with Crippen molar-refractivity contribution in [2.75, 3.05) is 0 Å². The third-order valence-corrected chi connectivity index (χ3v) is 2.63. The smallest absolute Gasteiger partial charge is 0.0558 e. The van der Waals surface area contributed by atoms with Gasteiger partial charge in [-0.1, -0.05) is 23.7 Å². The number of aryl methyl sites for hydroxylation is 1. The summed E-state index contributed by atoms with van der Waals surface area (Å²) in [5, 5.41) is 0.276. The van der Waals surface area contributed by atoms with E-state index >= 15 is 0 Å². The number of halogens is 1. The van der Waals surface area contributed by atoms with Crippen LogP contribution >= 0.6 is 11.6 Å². The Labute approximate surface area is 72.5 Å². The predicted octanol–water partition coefficient (Wildman–Crippen LogP) is 1.89. The van der Waals surface area contributed by atoms with Crippen LogP contribution in [0, 0.1) is 6.92 Å². The molecule has 0 aliphatic heterocycles. The monoisotopic (exact) mass is 189 g/mol. The highest BCUT2D eigenvalue weighted by Gasteiger charge is 2.02. The van der Waals surface area contributed by atoms with Crippen LogP contribution in [0.15, 0.2) is 23.1 Å². The van der Waals surface area contributed by atoms with E-state index in [1.165, 1.54) is 0 Å². The quantitative estimate of drug-likeness (QED) is 0.633. The van der Waals surface area contributed by atoms with Crippen LogP contribution in [0.3, 0.4) is 0 Å². The highest BCUT2D eigenvalue weighted by molar-refractivity contribution is 7.79. The van der Waals surface area contributed by atoms with E-state index < -0.39 is 11.1 Å². The maximum Gasteiger partial charge on any atom is 0.0558 e. The highest BCUT2D eigenvalue weighted by Crippen LogP contribution is 2.21. The van der Waals surface area contributed by atoms with E-state index in [9.17, 15) is 8.76 Å². The third kappa shape index (κ3) is 1.80. The summed E-state index contributed by atoms with van der Waals surface area (Å²) in [7, 11) is 0. The van der Waals surface area contributed by atoms with Gasteiger partial charge in [0.05, 0.1) is 5.02 Å². The summed E-state index contributed by atoms with van der Waals surface area (Å²) in [5.74, 6) is 0. The van der Waals surface area contributed by atoms with Crippen LogP contribution in [0.5, 0.6) is 0 Å². The molecule has 60 valence electrons. The first kappa shape index (κ1) is 8.71. The molecule has 0 saturated heterocycles. The van der Waals surface area contributed by atoms with Gasteiger partial charge in [-0.3, -0.25) is 4.21 Å². The van der Waals surface area contributed by atoms with E-state index in [4.69, 9.17) is 11.6 Å². The maximum absolute atomic E-state index is 10.6. The summed E-state index contributed by atoms with van der Waals surface area (Å²) < 4.78 is 21.1. The molecular formula is C7H6ClO2S-. The fourth-order valence-electron chi connectivity index (χ4n) is 0.828. The number of hydrogen-bond acceptors (Lipinski definition) is 2. The Morgan fingerprint density at radius 2 is 2.18 bits per heavy atom. The minimum atomic E-state index is -2.23. The molecule has 0 aliphatic carbocycles. The second kappa shape index (κ2) is 3.34. The number of hydrogen-bond donors (Lipinski definition) is 0. The predicted molar refractivity (Wildman–Crippen MR) is 43.4 cm³/mol. The van der Waals surface area contributed by atoms with Crippen molar-refractivity contribution < 1.29 is 8.76 Å². The molecule has 0 N–H and O–H groups in total. The molecule has 0 fully saturated rings. The molecule has 0 amide bonds. The second-order valence-corrected chi connectivity index (χ2v) is 3.41. The van der Waals surface area contributed by atoms with Crippen LogP contribution in [0.25, 0.3) is 0 Å². The van der Waals surface area contributed by atoms with Gasteiger partial charge in [0.2, 0.25) is 0 Å². The molecule has 4 heteroatoms. The highest BCUT2D eigenvalue weighted by atomic mass is 35.5. The molecule has 0 saturated carbocycles. The molecule has 1 aromatic rings. The number of rotatable bonds is 1. The molecule has 11 heavy (non-hydrogen) atoms. The van der Waals surface area contributed by atoms with Crippen molar-refractivity contribution >= 4 is 22.7 Å². The standard InChI is InChI=1S/C7H7ClO2S/c1-5-3-2-4-6(8)7(5)11(9)10/h2-4H,1H3,(H,9,10)/p-1. The summed E-state index contributed by atoms with van der Waals surface area (Å²) in [6.07, 6.45) is 0. The van der Waals surface area contributed by atoms with E-state index in [2.05, 4.69) is 0 Å². The summed E-state index contributed by atoms with van der Waals surface area (Å²) in [5.41, 5.74) is 0.672. The second-order valence-electron chi connectivity index (χ2n) is 2.12. The van der Waals surface area contributed by atoms with Crippen LogP contribution < -0.4 is 0 Å². The Kier molecular flexibility index (Phi) is 2.65. The molecule has 1 rings (SSSR count). The van der Waals surface area contributed by atoms with E-state index in [-0.39, 0.29) is 9.92 Å². The first-order chi connectivity index (χ1) is 5.13. The summed E-state index contributed by atoms with van der Waals surface area (Å²) >= 11 is 3.40. The zero-order valence-corrected chi connectivity index (χ0v) is 7.41. The van der Waals surface area contributed by atoms with Gasteiger partial charge < -0.3 is 4.55 Å². The van der Waals surface area contributed by atoms with Crippen LogP contribution in [0.4, 0.5) is 0 Å². The number of benzene rings is 1. The summed E-state index contributed by atoms with van der Waals surface area (Å²) in [6.45, 7) is 1.71. The van der Waals surface area contributed by atoms with E-state index in [0.717, 1.165) is 0 Å². The first-order valence-corrected chi connectivity index (χ1v) is 4.42. The summed E-state index contributed by atoms with van der Waals surface area (Å²) in [4.78, 5) is 0.189. The Morgan fingerprint density at radius 1 is 1.55 bits per heavy atom. The third-order valence-electron chi connectivity index (χ3n) is 1.33. The summed E-state index contributed by atoms with van der Waals surface area (Å²) in [6, 6.07) is 4.98. The normalized spacial score (nSPS) is 13.0. The minimum Gasteiger partial charge on any atom is -0.768 e. The lowest BCUT2D eigenvalue weighted by atomic mass is 10.2. The molecule has 2 nitrogen and oxygen atoms in total. The van der Waals surface area contributed by atoms with Crippen molar-refractivity contribution in [1.82, 2.24) is 0 Å². The van der Waals surface area contributed by atoms with Crippen molar-refractivity contribution in [2.24, 2.45) is 0 Å². The van der Waals surface area contributed by atoms with Gasteiger partial charge in [-0.2, -0.15) is 0 Å². The van der Waals surface area contributed by atoms with Gasteiger partial charge in [-0.25, -0.2) is 0 Å². The molecule has 0 heterocycles. The Morgan fingerprint density at radius 3 is 2.55 bits per heavy atom. The van der Waals surface area contributed by atoms with Crippen molar-refractivity contribution in [3.8, 4) is 0 Å². The van der Waals surface area contributed by atoms with Crippen LogP contribution in [0.2, 0.25) is 5.02 Å².